The third kappa shape index (κ3) is 4.30. The number of ether oxygens (including phenoxy) is 1. The number of carboxylic acid groups (broad SMARTS) is 1. The Hall–Kier alpha value is -2.81. The second-order valence-corrected chi connectivity index (χ2v) is 6.52. The van der Waals surface area contributed by atoms with Gasteiger partial charge in [-0.25, -0.2) is 9.18 Å². The number of aryl methyl sites for hydroxylation is 2. The van der Waals surface area contributed by atoms with E-state index in [1.807, 2.05) is 0 Å². The van der Waals surface area contributed by atoms with Gasteiger partial charge < -0.3 is 19.7 Å². The molecule has 2 aromatic rings. The highest BCUT2D eigenvalue weighted by atomic mass is 19.1. The summed E-state index contributed by atoms with van der Waals surface area (Å²) >= 11 is 0. The molecule has 0 bridgehead atoms. The van der Waals surface area contributed by atoms with Crippen molar-refractivity contribution in [3.63, 3.8) is 0 Å². The summed E-state index contributed by atoms with van der Waals surface area (Å²) in [7, 11) is 0. The molecular weight excluding hydrogens is 357 g/mol. The molecule has 8 nitrogen and oxygen atoms in total. The minimum Gasteiger partial charge on any atom is -0.480 e. The van der Waals surface area contributed by atoms with Crippen LogP contribution in [0.4, 0.5) is 4.39 Å². The fourth-order valence-corrected chi connectivity index (χ4v) is 2.87. The van der Waals surface area contributed by atoms with Gasteiger partial charge in [-0.3, -0.25) is 4.79 Å². The SMILES string of the molecule is Cc1ccc(-c2noc(CCC(=O)NC3(C(=O)O)CCOCC3)n2)cc1F. The minimum absolute atomic E-state index is 0.000219. The van der Waals surface area contributed by atoms with Crippen molar-refractivity contribution in [1.82, 2.24) is 15.5 Å². The number of nitrogens with one attached hydrogen (secondary N) is 1. The molecule has 144 valence electrons. The van der Waals surface area contributed by atoms with E-state index >= 15 is 0 Å². The highest BCUT2D eigenvalue weighted by Gasteiger charge is 2.41. The standard InChI is InChI=1S/C18H20FN3O5/c1-11-2-3-12(10-13(11)19)16-20-15(27-22-16)5-4-14(23)21-18(17(24)25)6-8-26-9-7-18/h2-3,10H,4-9H2,1H3,(H,21,23)(H,24,25). The number of hydrogen-bond acceptors (Lipinski definition) is 6. The maximum atomic E-state index is 13.7. The molecule has 3 rings (SSSR count). The van der Waals surface area contributed by atoms with Crippen LogP contribution in [0, 0.1) is 12.7 Å². The zero-order valence-corrected chi connectivity index (χ0v) is 14.8. The number of rotatable bonds is 6. The minimum atomic E-state index is -1.30. The molecule has 9 heteroatoms. The van der Waals surface area contributed by atoms with E-state index in [2.05, 4.69) is 15.5 Å². The number of aliphatic carboxylic acids is 1. The lowest BCUT2D eigenvalue weighted by molar-refractivity contribution is -0.152. The largest absolute Gasteiger partial charge is 0.480 e. The second-order valence-electron chi connectivity index (χ2n) is 6.52. The molecule has 0 atom stereocenters. The summed E-state index contributed by atoms with van der Waals surface area (Å²) in [6.45, 7) is 2.22. The number of hydrogen-bond donors (Lipinski definition) is 2. The van der Waals surface area contributed by atoms with Crippen molar-refractivity contribution in [1.29, 1.82) is 0 Å². The molecule has 0 unspecified atom stereocenters. The molecule has 1 aliphatic rings. The van der Waals surface area contributed by atoms with Crippen molar-refractivity contribution in [2.24, 2.45) is 0 Å². The van der Waals surface area contributed by atoms with Crippen molar-refractivity contribution in [3.8, 4) is 11.4 Å². The first-order valence-corrected chi connectivity index (χ1v) is 8.61. The quantitative estimate of drug-likeness (QED) is 0.790. The Balaban J connectivity index is 1.60. The molecule has 1 aromatic carbocycles. The van der Waals surface area contributed by atoms with Crippen LogP contribution in [-0.2, 0) is 20.7 Å². The predicted molar refractivity (Wildman–Crippen MR) is 91.3 cm³/mol. The van der Waals surface area contributed by atoms with Crippen LogP contribution < -0.4 is 5.32 Å². The second kappa shape index (κ2) is 7.83. The van der Waals surface area contributed by atoms with E-state index in [1.165, 1.54) is 6.07 Å². The smallest absolute Gasteiger partial charge is 0.329 e. The Morgan fingerprint density at radius 1 is 1.33 bits per heavy atom. The van der Waals surface area contributed by atoms with Crippen LogP contribution in [0.2, 0.25) is 0 Å². The van der Waals surface area contributed by atoms with E-state index in [0.29, 0.717) is 11.1 Å². The van der Waals surface area contributed by atoms with E-state index in [9.17, 15) is 19.1 Å². The van der Waals surface area contributed by atoms with E-state index < -0.39 is 17.4 Å². The van der Waals surface area contributed by atoms with Gasteiger partial charge in [0, 0.05) is 44.5 Å². The summed E-state index contributed by atoms with van der Waals surface area (Å²) in [6.07, 6.45) is 0.592. The molecule has 1 saturated heterocycles. The number of benzene rings is 1. The zero-order valence-electron chi connectivity index (χ0n) is 14.8. The van der Waals surface area contributed by atoms with Crippen molar-refractivity contribution in [3.05, 3.63) is 35.5 Å². The van der Waals surface area contributed by atoms with Gasteiger partial charge in [0.25, 0.3) is 0 Å². The molecule has 0 saturated carbocycles. The van der Waals surface area contributed by atoms with Gasteiger partial charge in [0.05, 0.1) is 0 Å². The number of halogens is 1. The fourth-order valence-electron chi connectivity index (χ4n) is 2.87. The number of carbonyl (C=O) groups excluding carboxylic acids is 1. The van der Waals surface area contributed by atoms with Gasteiger partial charge in [-0.05, 0) is 18.6 Å². The van der Waals surface area contributed by atoms with Gasteiger partial charge >= 0.3 is 5.97 Å². The molecule has 27 heavy (non-hydrogen) atoms. The number of nitrogens with zero attached hydrogens (tertiary/aromatic N) is 2. The topological polar surface area (TPSA) is 115 Å². The van der Waals surface area contributed by atoms with E-state index in [0.717, 1.165) is 0 Å². The van der Waals surface area contributed by atoms with Gasteiger partial charge in [-0.15, -0.1) is 0 Å². The van der Waals surface area contributed by atoms with Gasteiger partial charge in [0.1, 0.15) is 11.4 Å². The summed E-state index contributed by atoms with van der Waals surface area (Å²) in [5, 5.41) is 15.8. The lowest BCUT2D eigenvalue weighted by atomic mass is 9.90. The van der Waals surface area contributed by atoms with Crippen molar-refractivity contribution >= 4 is 11.9 Å². The Morgan fingerprint density at radius 3 is 2.74 bits per heavy atom. The molecule has 2 heterocycles. The molecule has 1 fully saturated rings. The summed E-state index contributed by atoms with van der Waals surface area (Å²) in [5.41, 5.74) is -0.307. The van der Waals surface area contributed by atoms with Gasteiger partial charge in [-0.2, -0.15) is 4.98 Å². The molecule has 2 N–H and O–H groups in total. The third-order valence-electron chi connectivity index (χ3n) is 4.60. The molecule has 1 aromatic heterocycles. The van der Waals surface area contributed by atoms with Crippen LogP contribution in [-0.4, -0.2) is 45.9 Å². The molecular formula is C18H20FN3O5. The normalized spacial score (nSPS) is 16.1. The Morgan fingerprint density at radius 2 is 2.07 bits per heavy atom. The molecule has 0 spiro atoms. The maximum Gasteiger partial charge on any atom is 0.329 e. The fraction of sp³-hybridized carbons (Fsp3) is 0.444. The van der Waals surface area contributed by atoms with Crippen LogP contribution >= 0.6 is 0 Å². The number of carboxylic acids is 1. The van der Waals surface area contributed by atoms with Gasteiger partial charge in [0.15, 0.2) is 0 Å². The highest BCUT2D eigenvalue weighted by Crippen LogP contribution is 2.22. The molecule has 1 aliphatic heterocycles. The maximum absolute atomic E-state index is 13.7. The zero-order chi connectivity index (χ0) is 19.4. The number of aromatic nitrogens is 2. The first-order valence-electron chi connectivity index (χ1n) is 8.61. The van der Waals surface area contributed by atoms with Crippen LogP contribution in [0.5, 0.6) is 0 Å². The first-order chi connectivity index (χ1) is 12.9. The third-order valence-corrected chi connectivity index (χ3v) is 4.60. The summed E-state index contributed by atoms with van der Waals surface area (Å²) in [4.78, 5) is 27.9. The lowest BCUT2D eigenvalue weighted by Gasteiger charge is -2.33. The monoisotopic (exact) mass is 377 g/mol. The van der Waals surface area contributed by atoms with E-state index in [4.69, 9.17) is 9.26 Å². The highest BCUT2D eigenvalue weighted by molar-refractivity contribution is 5.87. The van der Waals surface area contributed by atoms with Crippen molar-refractivity contribution < 1.29 is 28.3 Å². The van der Waals surface area contributed by atoms with Crippen LogP contribution in [0.25, 0.3) is 11.4 Å². The molecule has 0 radical (unpaired) electrons. The van der Waals surface area contributed by atoms with E-state index in [1.54, 1.807) is 19.1 Å². The van der Waals surface area contributed by atoms with Crippen molar-refractivity contribution in [2.45, 2.75) is 38.1 Å². The Bertz CT molecular complexity index is 845. The molecule has 0 aliphatic carbocycles. The van der Waals surface area contributed by atoms with Crippen LogP contribution in [0.3, 0.4) is 0 Å². The summed E-state index contributed by atoms with van der Waals surface area (Å²) < 4.78 is 23.9. The van der Waals surface area contributed by atoms with Crippen LogP contribution in [0.15, 0.2) is 22.7 Å². The van der Waals surface area contributed by atoms with Gasteiger partial charge in [0.2, 0.25) is 17.6 Å². The van der Waals surface area contributed by atoms with Crippen molar-refractivity contribution in [2.75, 3.05) is 13.2 Å². The first kappa shape index (κ1) is 19.0. The number of carbonyl (C=O) groups is 2. The average molecular weight is 377 g/mol. The summed E-state index contributed by atoms with van der Waals surface area (Å²) in [5.74, 6) is -1.40. The van der Waals surface area contributed by atoms with E-state index in [-0.39, 0.29) is 56.4 Å². The molecule has 1 amide bonds. The lowest BCUT2D eigenvalue weighted by Crippen LogP contribution is -2.57. The Labute approximate surface area is 154 Å². The Kier molecular flexibility index (Phi) is 5.50. The van der Waals surface area contributed by atoms with Gasteiger partial charge in [-0.1, -0.05) is 17.3 Å². The summed E-state index contributed by atoms with van der Waals surface area (Å²) in [6, 6.07) is 4.62. The predicted octanol–water partition coefficient (Wildman–Crippen LogP) is 1.87. The van der Waals surface area contributed by atoms with Crippen LogP contribution in [0.1, 0.15) is 30.7 Å². The number of amides is 1. The average Bonchev–Trinajstić information content (AvgIpc) is 3.12.